The average Bonchev–Trinajstić information content (AvgIpc) is 2.87. The molecule has 1 aliphatic heterocycles. The monoisotopic (exact) mass is 268 g/mol. The van der Waals surface area contributed by atoms with Crippen LogP contribution < -0.4 is 16.0 Å². The molecule has 0 aliphatic carbocycles. The first-order valence-electron chi connectivity index (χ1n) is 6.98. The maximum absolute atomic E-state index is 5.83. The lowest BCUT2D eigenvalue weighted by Gasteiger charge is -2.20. The molecule has 104 valence electrons. The van der Waals surface area contributed by atoms with E-state index in [9.17, 15) is 0 Å². The smallest absolute Gasteiger partial charge is 0.127 e. The Balaban J connectivity index is 2.08. The van der Waals surface area contributed by atoms with Crippen molar-refractivity contribution < 1.29 is 4.74 Å². The third-order valence-corrected chi connectivity index (χ3v) is 3.80. The molecule has 0 amide bonds. The van der Waals surface area contributed by atoms with E-state index in [1.807, 2.05) is 0 Å². The summed E-state index contributed by atoms with van der Waals surface area (Å²) < 4.78 is 5.80. The van der Waals surface area contributed by atoms with Gasteiger partial charge >= 0.3 is 0 Å². The minimum absolute atomic E-state index is 0.0401. The van der Waals surface area contributed by atoms with Crippen LogP contribution in [-0.4, -0.2) is 6.61 Å². The van der Waals surface area contributed by atoms with Gasteiger partial charge in [-0.25, -0.2) is 5.43 Å². The van der Waals surface area contributed by atoms with E-state index in [0.29, 0.717) is 0 Å². The SMILES string of the molecule is Cc1cc(C)cc(C(NN)c2cccc3c2OCC3)c1. The lowest BCUT2D eigenvalue weighted by molar-refractivity contribution is 0.350. The Morgan fingerprint density at radius 2 is 1.90 bits per heavy atom. The standard InChI is InChI=1S/C17H20N2O/c1-11-8-12(2)10-14(9-11)16(19-18)15-5-3-4-13-6-7-20-17(13)15/h3-5,8-10,16,19H,6-7,18H2,1-2H3. The van der Waals surface area contributed by atoms with Crippen LogP contribution in [0.15, 0.2) is 36.4 Å². The van der Waals surface area contributed by atoms with Crippen molar-refractivity contribution in [2.24, 2.45) is 5.84 Å². The average molecular weight is 268 g/mol. The highest BCUT2D eigenvalue weighted by Gasteiger charge is 2.22. The number of ether oxygens (including phenoxy) is 1. The first kappa shape index (κ1) is 13.2. The van der Waals surface area contributed by atoms with E-state index < -0.39 is 0 Å². The molecule has 0 aromatic heterocycles. The summed E-state index contributed by atoms with van der Waals surface area (Å²) >= 11 is 0. The third kappa shape index (κ3) is 2.30. The molecule has 0 bridgehead atoms. The van der Waals surface area contributed by atoms with Crippen LogP contribution in [0.4, 0.5) is 0 Å². The molecule has 0 fully saturated rings. The van der Waals surface area contributed by atoms with E-state index in [0.717, 1.165) is 24.3 Å². The van der Waals surface area contributed by atoms with Crippen LogP contribution in [0.3, 0.4) is 0 Å². The van der Waals surface area contributed by atoms with Gasteiger partial charge in [-0.2, -0.15) is 0 Å². The van der Waals surface area contributed by atoms with Crippen molar-refractivity contribution in [1.82, 2.24) is 5.43 Å². The molecule has 1 atom stereocenters. The van der Waals surface area contributed by atoms with Crippen molar-refractivity contribution in [3.8, 4) is 5.75 Å². The highest BCUT2D eigenvalue weighted by atomic mass is 16.5. The van der Waals surface area contributed by atoms with Crippen molar-refractivity contribution in [3.63, 3.8) is 0 Å². The second-order valence-corrected chi connectivity index (χ2v) is 5.45. The fourth-order valence-corrected chi connectivity index (χ4v) is 3.01. The lowest BCUT2D eigenvalue weighted by atomic mass is 9.94. The maximum Gasteiger partial charge on any atom is 0.127 e. The van der Waals surface area contributed by atoms with Gasteiger partial charge in [0.25, 0.3) is 0 Å². The molecular formula is C17H20N2O. The number of para-hydroxylation sites is 1. The van der Waals surface area contributed by atoms with Gasteiger partial charge in [-0.1, -0.05) is 47.5 Å². The number of fused-ring (bicyclic) bond motifs is 1. The molecule has 0 spiro atoms. The lowest BCUT2D eigenvalue weighted by Crippen LogP contribution is -2.29. The van der Waals surface area contributed by atoms with Crippen LogP contribution in [-0.2, 0) is 6.42 Å². The number of nitrogens with one attached hydrogen (secondary N) is 1. The molecule has 0 saturated carbocycles. The molecule has 3 rings (SSSR count). The minimum Gasteiger partial charge on any atom is -0.493 e. The van der Waals surface area contributed by atoms with Crippen LogP contribution in [0, 0.1) is 13.8 Å². The summed E-state index contributed by atoms with van der Waals surface area (Å²) in [6, 6.07) is 12.8. The van der Waals surface area contributed by atoms with Crippen molar-refractivity contribution >= 4 is 0 Å². The Morgan fingerprint density at radius 1 is 1.15 bits per heavy atom. The van der Waals surface area contributed by atoms with Gasteiger partial charge in [0.1, 0.15) is 5.75 Å². The zero-order valence-corrected chi connectivity index (χ0v) is 11.9. The quantitative estimate of drug-likeness (QED) is 0.664. The van der Waals surface area contributed by atoms with E-state index in [1.165, 1.54) is 22.3 Å². The van der Waals surface area contributed by atoms with Crippen LogP contribution >= 0.6 is 0 Å². The van der Waals surface area contributed by atoms with E-state index in [2.05, 4.69) is 55.7 Å². The van der Waals surface area contributed by atoms with Gasteiger partial charge in [-0.05, 0) is 25.0 Å². The number of rotatable bonds is 3. The van der Waals surface area contributed by atoms with Gasteiger partial charge in [0.15, 0.2) is 0 Å². The van der Waals surface area contributed by atoms with E-state index in [-0.39, 0.29) is 6.04 Å². The molecule has 20 heavy (non-hydrogen) atoms. The van der Waals surface area contributed by atoms with Crippen molar-refractivity contribution in [1.29, 1.82) is 0 Å². The van der Waals surface area contributed by atoms with Gasteiger partial charge in [-0.15, -0.1) is 0 Å². The molecule has 1 aliphatic rings. The van der Waals surface area contributed by atoms with Gasteiger partial charge in [0.05, 0.1) is 12.6 Å². The summed E-state index contributed by atoms with van der Waals surface area (Å²) in [6.45, 7) is 4.97. The highest BCUT2D eigenvalue weighted by molar-refractivity contribution is 5.49. The van der Waals surface area contributed by atoms with Gasteiger partial charge in [0.2, 0.25) is 0 Å². The summed E-state index contributed by atoms with van der Waals surface area (Å²) in [4.78, 5) is 0. The van der Waals surface area contributed by atoms with Crippen molar-refractivity contribution in [2.75, 3.05) is 6.61 Å². The predicted octanol–water partition coefficient (Wildman–Crippen LogP) is 2.79. The zero-order chi connectivity index (χ0) is 14.1. The fourth-order valence-electron chi connectivity index (χ4n) is 3.01. The Morgan fingerprint density at radius 3 is 2.60 bits per heavy atom. The molecule has 3 heteroatoms. The summed E-state index contributed by atoms with van der Waals surface area (Å²) in [5, 5.41) is 0. The molecule has 3 N–H and O–H groups in total. The maximum atomic E-state index is 5.83. The molecule has 2 aromatic carbocycles. The Labute approximate surface area is 119 Å². The number of aryl methyl sites for hydroxylation is 2. The fraction of sp³-hybridized carbons (Fsp3) is 0.294. The number of hydrogen-bond acceptors (Lipinski definition) is 3. The van der Waals surface area contributed by atoms with Crippen LogP contribution in [0.25, 0.3) is 0 Å². The number of hydrazine groups is 1. The third-order valence-electron chi connectivity index (χ3n) is 3.80. The van der Waals surface area contributed by atoms with Gasteiger partial charge < -0.3 is 4.74 Å². The Kier molecular flexibility index (Phi) is 3.47. The minimum atomic E-state index is -0.0401. The molecule has 1 heterocycles. The van der Waals surface area contributed by atoms with Crippen molar-refractivity contribution in [3.05, 3.63) is 64.2 Å². The van der Waals surface area contributed by atoms with Crippen LogP contribution in [0.2, 0.25) is 0 Å². The summed E-state index contributed by atoms with van der Waals surface area (Å²) in [7, 11) is 0. The second-order valence-electron chi connectivity index (χ2n) is 5.45. The highest BCUT2D eigenvalue weighted by Crippen LogP contribution is 2.36. The summed E-state index contributed by atoms with van der Waals surface area (Å²) in [6.07, 6.45) is 0.979. The van der Waals surface area contributed by atoms with E-state index >= 15 is 0 Å². The molecule has 0 radical (unpaired) electrons. The molecule has 0 saturated heterocycles. The molecule has 1 unspecified atom stereocenters. The number of nitrogens with two attached hydrogens (primary N) is 1. The summed E-state index contributed by atoms with van der Waals surface area (Å²) in [5.74, 6) is 6.82. The first-order chi connectivity index (χ1) is 9.69. The van der Waals surface area contributed by atoms with Gasteiger partial charge in [-0.3, -0.25) is 5.84 Å². The Bertz CT molecular complexity index is 617. The molecular weight excluding hydrogens is 248 g/mol. The first-order valence-corrected chi connectivity index (χ1v) is 6.98. The topological polar surface area (TPSA) is 47.3 Å². The molecule has 3 nitrogen and oxygen atoms in total. The number of benzene rings is 2. The van der Waals surface area contributed by atoms with Crippen molar-refractivity contribution in [2.45, 2.75) is 26.3 Å². The normalized spacial score (nSPS) is 14.8. The predicted molar refractivity (Wildman–Crippen MR) is 80.7 cm³/mol. The Hall–Kier alpha value is -1.84. The van der Waals surface area contributed by atoms with Gasteiger partial charge in [0, 0.05) is 12.0 Å². The van der Waals surface area contributed by atoms with Crippen LogP contribution in [0.1, 0.15) is 33.9 Å². The van der Waals surface area contributed by atoms with E-state index in [1.54, 1.807) is 0 Å². The summed E-state index contributed by atoms with van der Waals surface area (Å²) in [5.41, 5.74) is 8.99. The largest absolute Gasteiger partial charge is 0.493 e. The van der Waals surface area contributed by atoms with Crippen LogP contribution in [0.5, 0.6) is 5.75 Å². The number of hydrogen-bond donors (Lipinski definition) is 2. The molecule has 2 aromatic rings. The van der Waals surface area contributed by atoms with E-state index in [4.69, 9.17) is 10.6 Å². The second kappa shape index (κ2) is 5.27. The zero-order valence-electron chi connectivity index (χ0n) is 11.9.